The standard InChI is InChI=1S/C16H20ClN5O/c1-22(2)8-7-18-16(23)14-10-21-15(11-19-14)20-9-12-5-3-4-6-13(12)17/h3-6,10-11H,7-9H2,1-2H3,(H,18,23)(H,20,21). The lowest BCUT2D eigenvalue weighted by atomic mass is 10.2. The summed E-state index contributed by atoms with van der Waals surface area (Å²) in [5, 5.41) is 6.62. The van der Waals surface area contributed by atoms with Crippen molar-refractivity contribution in [2.24, 2.45) is 0 Å². The number of carbonyl (C=O) groups excluding carboxylic acids is 1. The average Bonchev–Trinajstić information content (AvgIpc) is 2.54. The minimum Gasteiger partial charge on any atom is -0.365 e. The van der Waals surface area contributed by atoms with Gasteiger partial charge in [0.1, 0.15) is 11.5 Å². The van der Waals surface area contributed by atoms with Crippen LogP contribution in [0.2, 0.25) is 5.02 Å². The van der Waals surface area contributed by atoms with Gasteiger partial charge >= 0.3 is 0 Å². The number of anilines is 1. The van der Waals surface area contributed by atoms with E-state index in [-0.39, 0.29) is 5.91 Å². The number of hydrogen-bond donors (Lipinski definition) is 2. The smallest absolute Gasteiger partial charge is 0.271 e. The van der Waals surface area contributed by atoms with E-state index < -0.39 is 0 Å². The van der Waals surface area contributed by atoms with Gasteiger partial charge in [-0.2, -0.15) is 0 Å². The van der Waals surface area contributed by atoms with Gasteiger partial charge in [0.05, 0.1) is 12.4 Å². The molecule has 0 spiro atoms. The molecule has 1 amide bonds. The van der Waals surface area contributed by atoms with E-state index in [1.807, 2.05) is 43.3 Å². The summed E-state index contributed by atoms with van der Waals surface area (Å²) in [5.74, 6) is 0.367. The van der Waals surface area contributed by atoms with Crippen LogP contribution in [0, 0.1) is 0 Å². The van der Waals surface area contributed by atoms with Gasteiger partial charge in [0, 0.05) is 24.7 Å². The summed E-state index contributed by atoms with van der Waals surface area (Å²) in [4.78, 5) is 22.2. The molecule has 2 rings (SSSR count). The largest absolute Gasteiger partial charge is 0.365 e. The Hall–Kier alpha value is -2.18. The highest BCUT2D eigenvalue weighted by molar-refractivity contribution is 6.31. The van der Waals surface area contributed by atoms with Crippen molar-refractivity contribution in [3.05, 3.63) is 52.9 Å². The first-order chi connectivity index (χ1) is 11.1. The van der Waals surface area contributed by atoms with E-state index in [9.17, 15) is 4.79 Å². The molecule has 1 aromatic heterocycles. The van der Waals surface area contributed by atoms with E-state index in [1.165, 1.54) is 12.4 Å². The minimum atomic E-state index is -0.225. The Morgan fingerprint density at radius 3 is 2.65 bits per heavy atom. The van der Waals surface area contributed by atoms with E-state index in [0.717, 1.165) is 12.1 Å². The Balaban J connectivity index is 1.87. The minimum absolute atomic E-state index is 0.225. The van der Waals surface area contributed by atoms with Gasteiger partial charge in [-0.25, -0.2) is 9.97 Å². The van der Waals surface area contributed by atoms with Gasteiger partial charge < -0.3 is 15.5 Å². The van der Waals surface area contributed by atoms with Gasteiger partial charge in [-0.3, -0.25) is 4.79 Å². The van der Waals surface area contributed by atoms with Gasteiger partial charge in [0.2, 0.25) is 0 Å². The van der Waals surface area contributed by atoms with Crippen molar-refractivity contribution in [3.8, 4) is 0 Å². The molecule has 0 radical (unpaired) electrons. The van der Waals surface area contributed by atoms with Crippen molar-refractivity contribution >= 4 is 23.3 Å². The molecule has 6 nitrogen and oxygen atoms in total. The molecule has 0 saturated carbocycles. The van der Waals surface area contributed by atoms with Crippen molar-refractivity contribution in [2.45, 2.75) is 6.54 Å². The third-order valence-corrected chi connectivity index (χ3v) is 3.52. The lowest BCUT2D eigenvalue weighted by Gasteiger charge is -2.10. The Bertz CT molecular complexity index is 645. The van der Waals surface area contributed by atoms with E-state index >= 15 is 0 Å². The fourth-order valence-electron chi connectivity index (χ4n) is 1.85. The Morgan fingerprint density at radius 1 is 1.22 bits per heavy atom. The second-order valence-electron chi connectivity index (χ2n) is 5.29. The van der Waals surface area contributed by atoms with E-state index in [0.29, 0.717) is 29.6 Å². The number of nitrogens with one attached hydrogen (secondary N) is 2. The molecule has 0 bridgehead atoms. The molecule has 0 fully saturated rings. The lowest BCUT2D eigenvalue weighted by molar-refractivity contribution is 0.0945. The van der Waals surface area contributed by atoms with Gasteiger partial charge in [-0.1, -0.05) is 29.8 Å². The molecule has 2 aromatic rings. The maximum atomic E-state index is 11.9. The number of nitrogens with zero attached hydrogens (tertiary/aromatic N) is 3. The molecular formula is C16H20ClN5O. The Kier molecular flexibility index (Phi) is 6.31. The molecule has 1 heterocycles. The quantitative estimate of drug-likeness (QED) is 0.811. The topological polar surface area (TPSA) is 70.2 Å². The molecule has 0 unspecified atom stereocenters. The fraction of sp³-hybridized carbons (Fsp3) is 0.312. The number of aromatic nitrogens is 2. The Labute approximate surface area is 140 Å². The molecule has 0 aliphatic rings. The van der Waals surface area contributed by atoms with Crippen LogP contribution in [-0.4, -0.2) is 48.0 Å². The zero-order valence-corrected chi connectivity index (χ0v) is 14.0. The van der Waals surface area contributed by atoms with Crippen LogP contribution >= 0.6 is 11.6 Å². The number of hydrogen-bond acceptors (Lipinski definition) is 5. The highest BCUT2D eigenvalue weighted by atomic mass is 35.5. The molecule has 0 aliphatic heterocycles. The molecular weight excluding hydrogens is 314 g/mol. The number of halogens is 1. The first-order valence-corrected chi connectivity index (χ1v) is 7.66. The number of rotatable bonds is 7. The monoisotopic (exact) mass is 333 g/mol. The summed E-state index contributed by atoms with van der Waals surface area (Å²) in [5.41, 5.74) is 1.27. The molecule has 0 saturated heterocycles. The maximum Gasteiger partial charge on any atom is 0.271 e. The highest BCUT2D eigenvalue weighted by Crippen LogP contribution is 2.15. The molecule has 1 aromatic carbocycles. The summed E-state index contributed by atoms with van der Waals surface area (Å²) in [7, 11) is 3.90. The van der Waals surface area contributed by atoms with Crippen LogP contribution in [0.1, 0.15) is 16.1 Å². The van der Waals surface area contributed by atoms with Crippen LogP contribution in [0.5, 0.6) is 0 Å². The Morgan fingerprint density at radius 2 is 2.00 bits per heavy atom. The van der Waals surface area contributed by atoms with Crippen molar-refractivity contribution < 1.29 is 4.79 Å². The predicted octanol–water partition coefficient (Wildman–Crippen LogP) is 2.03. The van der Waals surface area contributed by atoms with E-state index in [1.54, 1.807) is 0 Å². The molecule has 7 heteroatoms. The fourth-order valence-corrected chi connectivity index (χ4v) is 2.05. The summed E-state index contributed by atoms with van der Waals surface area (Å²) < 4.78 is 0. The first-order valence-electron chi connectivity index (χ1n) is 7.28. The van der Waals surface area contributed by atoms with Crippen molar-refractivity contribution in [1.29, 1.82) is 0 Å². The zero-order chi connectivity index (χ0) is 16.7. The van der Waals surface area contributed by atoms with E-state index in [2.05, 4.69) is 20.6 Å². The molecule has 23 heavy (non-hydrogen) atoms. The van der Waals surface area contributed by atoms with Crippen molar-refractivity contribution in [3.63, 3.8) is 0 Å². The van der Waals surface area contributed by atoms with Gasteiger partial charge in [0.25, 0.3) is 5.91 Å². The number of amides is 1. The van der Waals surface area contributed by atoms with Gasteiger partial charge in [-0.05, 0) is 25.7 Å². The second kappa shape index (κ2) is 8.45. The first kappa shape index (κ1) is 17.2. The summed E-state index contributed by atoms with van der Waals surface area (Å²) >= 11 is 6.10. The van der Waals surface area contributed by atoms with Crippen molar-refractivity contribution in [2.75, 3.05) is 32.5 Å². The lowest BCUT2D eigenvalue weighted by Crippen LogP contribution is -2.31. The zero-order valence-electron chi connectivity index (χ0n) is 13.2. The number of benzene rings is 1. The molecule has 122 valence electrons. The number of carbonyl (C=O) groups is 1. The summed E-state index contributed by atoms with van der Waals surface area (Å²) in [6.45, 7) is 1.89. The molecule has 2 N–H and O–H groups in total. The van der Waals surface area contributed by atoms with Crippen LogP contribution < -0.4 is 10.6 Å². The van der Waals surface area contributed by atoms with Crippen molar-refractivity contribution in [1.82, 2.24) is 20.2 Å². The predicted molar refractivity (Wildman–Crippen MR) is 91.7 cm³/mol. The van der Waals surface area contributed by atoms with Crippen LogP contribution in [0.4, 0.5) is 5.82 Å². The van der Waals surface area contributed by atoms with Gasteiger partial charge in [0.15, 0.2) is 0 Å². The maximum absolute atomic E-state index is 11.9. The molecule has 0 aliphatic carbocycles. The summed E-state index contributed by atoms with van der Waals surface area (Å²) in [6.07, 6.45) is 3.00. The normalized spacial score (nSPS) is 10.6. The van der Waals surface area contributed by atoms with Crippen LogP contribution in [0.25, 0.3) is 0 Å². The third kappa shape index (κ3) is 5.50. The van der Waals surface area contributed by atoms with Crippen LogP contribution in [0.15, 0.2) is 36.7 Å². The average molecular weight is 334 g/mol. The van der Waals surface area contributed by atoms with E-state index in [4.69, 9.17) is 11.6 Å². The van der Waals surface area contributed by atoms with Gasteiger partial charge in [-0.15, -0.1) is 0 Å². The van der Waals surface area contributed by atoms with Crippen LogP contribution in [0.3, 0.4) is 0 Å². The number of likely N-dealkylation sites (N-methyl/N-ethyl adjacent to an activating group) is 1. The van der Waals surface area contributed by atoms with Crippen LogP contribution in [-0.2, 0) is 6.54 Å². The second-order valence-corrected chi connectivity index (χ2v) is 5.70. The highest BCUT2D eigenvalue weighted by Gasteiger charge is 2.07. The third-order valence-electron chi connectivity index (χ3n) is 3.15. The SMILES string of the molecule is CN(C)CCNC(=O)c1cnc(NCc2ccccc2Cl)cn1. The summed E-state index contributed by atoms with van der Waals surface area (Å²) in [6, 6.07) is 7.59. The molecule has 0 atom stereocenters.